The van der Waals surface area contributed by atoms with Crippen molar-refractivity contribution in [3.63, 3.8) is 0 Å². The lowest BCUT2D eigenvalue weighted by atomic mass is 9.80. The maximum atomic E-state index is 5.36. The Balaban J connectivity index is 0.752. The standard InChI is InChI=1S/C89H60N6/c1-88(2)71-36-17-13-28-60(71)68-50-80-70(49-73(68)88)69-48-67-55(47-79(69)95(80)81-46-41-56(52-90-81)87-91-74(53-23-7-5-8-24-53)51-75(92-87)54-25-9-6-10-26-54)27-21-34-59(67)61-35-22-40-78-82(61)65-32-15-19-38-76(65)93(78)57-42-44-58(45-43-57)94-77-39-20-16-33-66(77)84-63-30-12-11-29-62(63)83-64-31-14-18-37-72(64)89(3,4)85(83)86(84)94/h5-52H,1-4H3. The van der Waals surface area contributed by atoms with Crippen LogP contribution in [0, 0.1) is 0 Å². The molecule has 5 aromatic heterocycles. The van der Waals surface area contributed by atoms with E-state index in [1.807, 2.05) is 18.3 Å². The van der Waals surface area contributed by atoms with Gasteiger partial charge in [-0.25, -0.2) is 15.0 Å². The monoisotopic (exact) mass is 1210 g/mol. The van der Waals surface area contributed by atoms with Crippen molar-refractivity contribution in [1.29, 1.82) is 0 Å². The highest BCUT2D eigenvalue weighted by atomic mass is 15.1. The summed E-state index contributed by atoms with van der Waals surface area (Å²) in [6, 6.07) is 105. The summed E-state index contributed by atoms with van der Waals surface area (Å²) in [5, 5.41) is 12.3. The van der Waals surface area contributed by atoms with Crippen LogP contribution >= 0.6 is 0 Å². The van der Waals surface area contributed by atoms with E-state index in [0.717, 1.165) is 72.7 Å². The predicted molar refractivity (Wildman–Crippen MR) is 395 cm³/mol. The molecule has 2 aliphatic carbocycles. The molecule has 0 saturated heterocycles. The van der Waals surface area contributed by atoms with Gasteiger partial charge in [-0.05, 0) is 162 Å². The Hall–Kier alpha value is -12.0. The van der Waals surface area contributed by atoms with Crippen LogP contribution in [-0.4, -0.2) is 28.7 Å². The minimum atomic E-state index is -0.228. The SMILES string of the molecule is CC1(C)c2ccccc2-c2cc3c(cc21)c1cc2c(-c4cccc5c4c4ccccc4n5-c4ccc(-n5c6ccccc6c6c7ccccc7c7c(c65)C(C)(C)c5ccccc5-7)cc4)cccc2cc1n3-c1ccc(-c2nc(-c3ccccc3)cc(-c3ccccc3)n2)cn1. The average molecular weight is 1210 g/mol. The van der Waals surface area contributed by atoms with Crippen LogP contribution in [0.3, 0.4) is 0 Å². The molecule has 0 saturated carbocycles. The Morgan fingerprint density at radius 3 is 1.56 bits per heavy atom. The van der Waals surface area contributed by atoms with E-state index in [-0.39, 0.29) is 10.8 Å². The number of aromatic nitrogens is 6. The van der Waals surface area contributed by atoms with Gasteiger partial charge in [0.15, 0.2) is 5.82 Å². The Kier molecular flexibility index (Phi) is 11.2. The second-order valence-corrected chi connectivity index (χ2v) is 27.0. The number of rotatable bonds is 7. The van der Waals surface area contributed by atoms with Gasteiger partial charge in [0, 0.05) is 77.4 Å². The molecule has 5 heterocycles. The van der Waals surface area contributed by atoms with Gasteiger partial charge < -0.3 is 9.13 Å². The van der Waals surface area contributed by atoms with Crippen molar-refractivity contribution in [1.82, 2.24) is 28.7 Å². The quantitative estimate of drug-likeness (QED) is 0.160. The molecule has 0 bridgehead atoms. The summed E-state index contributed by atoms with van der Waals surface area (Å²) >= 11 is 0. The van der Waals surface area contributed by atoms with Crippen LogP contribution in [0.25, 0.3) is 171 Å². The van der Waals surface area contributed by atoms with Gasteiger partial charge in [0.05, 0.1) is 44.5 Å². The molecule has 0 N–H and O–H groups in total. The molecule has 0 unspecified atom stereocenters. The van der Waals surface area contributed by atoms with E-state index < -0.39 is 0 Å². The molecular formula is C89H60N6. The third-order valence-corrected chi connectivity index (χ3v) is 21.2. The van der Waals surface area contributed by atoms with E-state index >= 15 is 0 Å². The third kappa shape index (κ3) is 7.59. The number of pyridine rings is 1. The molecule has 0 radical (unpaired) electrons. The minimum Gasteiger partial charge on any atom is -0.309 e. The van der Waals surface area contributed by atoms with Crippen LogP contribution in [0.2, 0.25) is 0 Å². The average Bonchev–Trinajstić information content (AvgIpc) is 1.53. The summed E-state index contributed by atoms with van der Waals surface area (Å²) in [6.45, 7) is 9.58. The smallest absolute Gasteiger partial charge is 0.161 e. The number of hydrogen-bond acceptors (Lipinski definition) is 3. The first-order valence-electron chi connectivity index (χ1n) is 33.0. The van der Waals surface area contributed by atoms with Gasteiger partial charge in [-0.15, -0.1) is 0 Å². The zero-order chi connectivity index (χ0) is 63.0. The van der Waals surface area contributed by atoms with E-state index in [0.29, 0.717) is 5.82 Å². The highest BCUT2D eigenvalue weighted by molar-refractivity contribution is 6.27. The molecule has 0 aliphatic heterocycles. The molecule has 20 rings (SSSR count). The van der Waals surface area contributed by atoms with Crippen molar-refractivity contribution in [2.75, 3.05) is 0 Å². The van der Waals surface area contributed by atoms with Crippen molar-refractivity contribution in [2.24, 2.45) is 0 Å². The van der Waals surface area contributed by atoms with Crippen molar-refractivity contribution in [2.45, 2.75) is 38.5 Å². The lowest BCUT2D eigenvalue weighted by Gasteiger charge is -2.24. The van der Waals surface area contributed by atoms with E-state index in [1.54, 1.807) is 0 Å². The van der Waals surface area contributed by atoms with E-state index in [1.165, 1.54) is 115 Å². The fraction of sp³-hybridized carbons (Fsp3) is 0.0674. The van der Waals surface area contributed by atoms with Gasteiger partial charge in [-0.1, -0.05) is 228 Å². The maximum absolute atomic E-state index is 5.36. The number of para-hydroxylation sites is 2. The third-order valence-electron chi connectivity index (χ3n) is 21.2. The first-order valence-corrected chi connectivity index (χ1v) is 33.0. The van der Waals surface area contributed by atoms with E-state index in [2.05, 4.69) is 314 Å². The van der Waals surface area contributed by atoms with Crippen LogP contribution in [0.1, 0.15) is 49.9 Å². The number of nitrogens with zero attached hydrogens (tertiary/aromatic N) is 6. The summed E-state index contributed by atoms with van der Waals surface area (Å²) in [7, 11) is 0. The second kappa shape index (κ2) is 19.8. The molecule has 446 valence electrons. The van der Waals surface area contributed by atoms with Crippen LogP contribution in [0.15, 0.2) is 291 Å². The molecule has 18 aromatic rings. The summed E-state index contributed by atoms with van der Waals surface area (Å²) in [5.74, 6) is 1.45. The maximum Gasteiger partial charge on any atom is 0.161 e. The lowest BCUT2D eigenvalue weighted by Crippen LogP contribution is -2.16. The summed E-state index contributed by atoms with van der Waals surface area (Å²) < 4.78 is 7.40. The molecule has 6 nitrogen and oxygen atoms in total. The van der Waals surface area contributed by atoms with Crippen molar-refractivity contribution >= 4 is 87.0 Å². The molecule has 0 atom stereocenters. The Morgan fingerprint density at radius 1 is 0.305 bits per heavy atom. The molecule has 2 aliphatic rings. The van der Waals surface area contributed by atoms with Gasteiger partial charge >= 0.3 is 0 Å². The van der Waals surface area contributed by atoms with Gasteiger partial charge in [-0.3, -0.25) is 4.57 Å². The summed E-state index contributed by atoms with van der Waals surface area (Å²) in [6.07, 6.45) is 1.94. The summed E-state index contributed by atoms with van der Waals surface area (Å²) in [4.78, 5) is 15.7. The lowest BCUT2D eigenvalue weighted by molar-refractivity contribution is 0.661. The molecule has 0 amide bonds. The van der Waals surface area contributed by atoms with Crippen LogP contribution in [-0.2, 0) is 10.8 Å². The first kappa shape index (κ1) is 53.7. The van der Waals surface area contributed by atoms with Crippen molar-refractivity contribution in [3.05, 3.63) is 314 Å². The van der Waals surface area contributed by atoms with Gasteiger partial charge in [0.2, 0.25) is 0 Å². The minimum absolute atomic E-state index is 0.196. The largest absolute Gasteiger partial charge is 0.309 e. The second-order valence-electron chi connectivity index (χ2n) is 27.0. The van der Waals surface area contributed by atoms with Crippen molar-refractivity contribution < 1.29 is 0 Å². The molecular weight excluding hydrogens is 1150 g/mol. The highest BCUT2D eigenvalue weighted by Crippen LogP contribution is 2.57. The topological polar surface area (TPSA) is 53.5 Å². The predicted octanol–water partition coefficient (Wildman–Crippen LogP) is 22.7. The number of fused-ring (bicyclic) bond motifs is 20. The Bertz CT molecular complexity index is 6240. The van der Waals surface area contributed by atoms with Crippen LogP contribution < -0.4 is 0 Å². The summed E-state index contributed by atoms with van der Waals surface area (Å²) in [5.41, 5.74) is 26.5. The zero-order valence-electron chi connectivity index (χ0n) is 52.9. The Morgan fingerprint density at radius 2 is 0.853 bits per heavy atom. The van der Waals surface area contributed by atoms with Gasteiger partial charge in [0.25, 0.3) is 0 Å². The van der Waals surface area contributed by atoms with Crippen LogP contribution in [0.4, 0.5) is 0 Å². The van der Waals surface area contributed by atoms with Gasteiger partial charge in [-0.2, -0.15) is 0 Å². The Labute approximate surface area is 548 Å². The molecule has 13 aromatic carbocycles. The normalized spacial score (nSPS) is 13.6. The molecule has 0 fully saturated rings. The molecule has 95 heavy (non-hydrogen) atoms. The van der Waals surface area contributed by atoms with E-state index in [4.69, 9.17) is 15.0 Å². The number of hydrogen-bond donors (Lipinski definition) is 0. The van der Waals surface area contributed by atoms with Crippen molar-refractivity contribution in [3.8, 4) is 84.5 Å². The van der Waals surface area contributed by atoms with E-state index in [9.17, 15) is 0 Å². The highest BCUT2D eigenvalue weighted by Gasteiger charge is 2.41. The van der Waals surface area contributed by atoms with Crippen LogP contribution in [0.5, 0.6) is 0 Å². The first-order chi connectivity index (χ1) is 46.7. The zero-order valence-corrected chi connectivity index (χ0v) is 52.9. The van der Waals surface area contributed by atoms with Gasteiger partial charge in [0.1, 0.15) is 5.82 Å². The number of benzene rings is 13. The molecule has 6 heteroatoms. The molecule has 0 spiro atoms. The fourth-order valence-corrected chi connectivity index (χ4v) is 16.9. The fourth-order valence-electron chi connectivity index (χ4n) is 16.9.